The van der Waals surface area contributed by atoms with Gasteiger partial charge in [0.2, 0.25) is 11.8 Å². The molecule has 2 aromatic carbocycles. The van der Waals surface area contributed by atoms with Gasteiger partial charge in [0, 0.05) is 43.3 Å². The van der Waals surface area contributed by atoms with Gasteiger partial charge < -0.3 is 10.2 Å². The number of hydrogen-bond donors (Lipinski definition) is 1. The van der Waals surface area contributed by atoms with E-state index in [0.29, 0.717) is 37.4 Å². The van der Waals surface area contributed by atoms with Crippen LogP contribution in [0.1, 0.15) is 17.5 Å². The summed E-state index contributed by atoms with van der Waals surface area (Å²) in [7, 11) is 0. The third-order valence-corrected chi connectivity index (χ3v) is 5.84. The van der Waals surface area contributed by atoms with Gasteiger partial charge in [-0.05, 0) is 52.9 Å². The van der Waals surface area contributed by atoms with Crippen LogP contribution in [0.5, 0.6) is 0 Å². The molecular formula is C25H24ClN3O2. The van der Waals surface area contributed by atoms with E-state index in [1.807, 2.05) is 60.7 Å². The number of benzene rings is 2. The molecular weight excluding hydrogens is 410 g/mol. The highest BCUT2D eigenvalue weighted by atomic mass is 35.5. The zero-order valence-electron chi connectivity index (χ0n) is 17.1. The lowest BCUT2D eigenvalue weighted by molar-refractivity contribution is -0.143. The zero-order valence-corrected chi connectivity index (χ0v) is 17.9. The van der Waals surface area contributed by atoms with Crippen molar-refractivity contribution in [3.63, 3.8) is 0 Å². The average Bonchev–Trinajstić information content (AvgIpc) is 2.81. The Morgan fingerprint density at radius 2 is 1.61 bits per heavy atom. The van der Waals surface area contributed by atoms with Gasteiger partial charge >= 0.3 is 0 Å². The number of pyridine rings is 1. The van der Waals surface area contributed by atoms with Crippen molar-refractivity contribution in [2.45, 2.75) is 25.3 Å². The molecule has 0 radical (unpaired) electrons. The first-order chi connectivity index (χ1) is 15.1. The van der Waals surface area contributed by atoms with Crippen molar-refractivity contribution < 1.29 is 9.59 Å². The van der Waals surface area contributed by atoms with Crippen molar-refractivity contribution in [3.8, 4) is 11.1 Å². The van der Waals surface area contributed by atoms with Crippen molar-refractivity contribution in [2.24, 2.45) is 0 Å². The van der Waals surface area contributed by atoms with E-state index in [-0.39, 0.29) is 11.8 Å². The van der Waals surface area contributed by atoms with Crippen LogP contribution in [0.25, 0.3) is 11.1 Å². The minimum Gasteiger partial charge on any atom is -0.353 e. The second kappa shape index (κ2) is 9.75. The topological polar surface area (TPSA) is 62.3 Å². The molecule has 6 heteroatoms. The Morgan fingerprint density at radius 3 is 2.32 bits per heavy atom. The number of rotatable bonds is 6. The molecule has 1 saturated heterocycles. The van der Waals surface area contributed by atoms with Gasteiger partial charge in [-0.3, -0.25) is 14.6 Å². The van der Waals surface area contributed by atoms with Gasteiger partial charge in [-0.2, -0.15) is 0 Å². The van der Waals surface area contributed by atoms with Gasteiger partial charge in [0.05, 0.1) is 0 Å². The van der Waals surface area contributed by atoms with E-state index in [9.17, 15) is 9.59 Å². The summed E-state index contributed by atoms with van der Waals surface area (Å²) in [6.07, 6.45) is 5.02. The number of aromatic nitrogens is 1. The lowest BCUT2D eigenvalue weighted by Crippen LogP contribution is -2.58. The van der Waals surface area contributed by atoms with E-state index in [0.717, 1.165) is 22.3 Å². The molecule has 1 fully saturated rings. The Kier molecular flexibility index (Phi) is 6.63. The van der Waals surface area contributed by atoms with Crippen molar-refractivity contribution in [1.82, 2.24) is 15.2 Å². The van der Waals surface area contributed by atoms with Crippen LogP contribution in [0.3, 0.4) is 0 Å². The summed E-state index contributed by atoms with van der Waals surface area (Å²) >= 11 is 5.93. The maximum atomic E-state index is 12.9. The monoisotopic (exact) mass is 433 g/mol. The van der Waals surface area contributed by atoms with Crippen LogP contribution in [-0.2, 0) is 22.4 Å². The highest BCUT2D eigenvalue weighted by Crippen LogP contribution is 2.21. The Bertz CT molecular complexity index is 1040. The van der Waals surface area contributed by atoms with Crippen molar-refractivity contribution in [3.05, 3.63) is 89.2 Å². The first-order valence-electron chi connectivity index (χ1n) is 10.4. The van der Waals surface area contributed by atoms with Crippen LogP contribution >= 0.6 is 11.6 Å². The maximum absolute atomic E-state index is 12.9. The molecule has 5 nitrogen and oxygen atoms in total. The fourth-order valence-corrected chi connectivity index (χ4v) is 3.99. The molecule has 1 N–H and O–H groups in total. The van der Waals surface area contributed by atoms with Gasteiger partial charge in [0.15, 0.2) is 0 Å². The molecule has 2 heterocycles. The summed E-state index contributed by atoms with van der Waals surface area (Å²) < 4.78 is 0. The summed E-state index contributed by atoms with van der Waals surface area (Å²) in [5.74, 6) is -0.0903. The minimum absolute atomic E-state index is 0.00297. The maximum Gasteiger partial charge on any atom is 0.243 e. The van der Waals surface area contributed by atoms with Gasteiger partial charge in [-0.1, -0.05) is 48.0 Å². The number of halogens is 1. The highest BCUT2D eigenvalue weighted by molar-refractivity contribution is 6.30. The molecule has 3 aromatic rings. The van der Waals surface area contributed by atoms with E-state index in [4.69, 9.17) is 11.6 Å². The number of hydrogen-bond acceptors (Lipinski definition) is 3. The molecule has 4 rings (SSSR count). The molecule has 1 atom stereocenters. The molecule has 0 saturated carbocycles. The van der Waals surface area contributed by atoms with E-state index in [1.54, 1.807) is 17.3 Å². The van der Waals surface area contributed by atoms with Crippen molar-refractivity contribution >= 4 is 23.4 Å². The summed E-state index contributed by atoms with van der Waals surface area (Å²) in [6, 6.07) is 19.1. The molecule has 31 heavy (non-hydrogen) atoms. The number of aryl methyl sites for hydroxylation is 1. The third kappa shape index (κ3) is 5.30. The van der Waals surface area contributed by atoms with Gasteiger partial charge in [0.25, 0.3) is 0 Å². The summed E-state index contributed by atoms with van der Waals surface area (Å²) in [5, 5.41) is 3.58. The second-order valence-electron chi connectivity index (χ2n) is 7.66. The highest BCUT2D eigenvalue weighted by Gasteiger charge is 2.32. The normalized spacial score (nSPS) is 16.1. The molecule has 1 aromatic heterocycles. The van der Waals surface area contributed by atoms with Crippen LogP contribution in [0.4, 0.5) is 0 Å². The molecule has 158 valence electrons. The summed E-state index contributed by atoms with van der Waals surface area (Å²) in [4.78, 5) is 31.3. The summed E-state index contributed by atoms with van der Waals surface area (Å²) in [6.45, 7) is 1.02. The average molecular weight is 434 g/mol. The molecule has 1 aliphatic rings. The number of carbonyl (C=O) groups is 2. The number of amides is 2. The van der Waals surface area contributed by atoms with Crippen LogP contribution in [-0.4, -0.2) is 40.8 Å². The quantitative estimate of drug-likeness (QED) is 0.641. The van der Waals surface area contributed by atoms with Gasteiger partial charge in [-0.15, -0.1) is 0 Å². The first kappa shape index (κ1) is 21.1. The number of nitrogens with zero attached hydrogens (tertiary/aromatic N) is 2. The lowest BCUT2D eigenvalue weighted by Gasteiger charge is -2.35. The van der Waals surface area contributed by atoms with E-state index in [2.05, 4.69) is 10.3 Å². The number of piperazine rings is 1. The Morgan fingerprint density at radius 1 is 0.968 bits per heavy atom. The SMILES string of the molecule is O=C1NCCN(C(=O)CCc2ccc(Cl)cc2)[C@@H]1Cc1ccc(-c2ccncc2)cc1. The Labute approximate surface area is 187 Å². The molecule has 1 aliphatic heterocycles. The van der Waals surface area contributed by atoms with Gasteiger partial charge in [0.1, 0.15) is 6.04 Å². The van der Waals surface area contributed by atoms with Crippen LogP contribution in [0.15, 0.2) is 73.1 Å². The van der Waals surface area contributed by atoms with E-state index < -0.39 is 6.04 Å². The van der Waals surface area contributed by atoms with Crippen LogP contribution < -0.4 is 5.32 Å². The molecule has 0 bridgehead atoms. The number of nitrogens with one attached hydrogen (secondary N) is 1. The fraction of sp³-hybridized carbons (Fsp3) is 0.240. The molecule has 2 amide bonds. The largest absolute Gasteiger partial charge is 0.353 e. The second-order valence-corrected chi connectivity index (χ2v) is 8.09. The van der Waals surface area contributed by atoms with Crippen LogP contribution in [0.2, 0.25) is 5.02 Å². The standard InChI is InChI=1S/C25H24ClN3O2/c26-22-8-3-18(4-9-22)5-10-24(30)29-16-15-28-25(31)23(29)17-19-1-6-20(7-2-19)21-11-13-27-14-12-21/h1-4,6-9,11-14,23H,5,10,15-17H2,(H,28,31)/t23-/m1/s1. The van der Waals surface area contributed by atoms with E-state index in [1.165, 1.54) is 0 Å². The van der Waals surface area contributed by atoms with Gasteiger partial charge in [-0.25, -0.2) is 0 Å². The third-order valence-electron chi connectivity index (χ3n) is 5.59. The molecule has 0 spiro atoms. The molecule has 0 unspecified atom stereocenters. The fourth-order valence-electron chi connectivity index (χ4n) is 3.86. The number of carbonyl (C=O) groups excluding carboxylic acids is 2. The van der Waals surface area contributed by atoms with Crippen molar-refractivity contribution in [2.75, 3.05) is 13.1 Å². The predicted octanol–water partition coefficient (Wildman–Crippen LogP) is 3.90. The van der Waals surface area contributed by atoms with Crippen LogP contribution in [0, 0.1) is 0 Å². The van der Waals surface area contributed by atoms with E-state index >= 15 is 0 Å². The Balaban J connectivity index is 1.43. The molecule has 0 aliphatic carbocycles. The predicted molar refractivity (Wildman–Crippen MR) is 122 cm³/mol. The lowest BCUT2D eigenvalue weighted by atomic mass is 9.98. The smallest absolute Gasteiger partial charge is 0.243 e. The Hall–Kier alpha value is -3.18. The zero-order chi connectivity index (χ0) is 21.6. The minimum atomic E-state index is -0.488. The summed E-state index contributed by atoms with van der Waals surface area (Å²) in [5.41, 5.74) is 4.27. The van der Waals surface area contributed by atoms with Crippen molar-refractivity contribution in [1.29, 1.82) is 0 Å². The first-order valence-corrected chi connectivity index (χ1v) is 10.8.